The normalized spacial score (nSPS) is 12.5. The average molecular weight is 635 g/mol. The Balaban J connectivity index is 3.09. The number of carbonyl (C=O) groups excluding carboxylic acids is 5. The van der Waals surface area contributed by atoms with E-state index in [9.17, 15) is 24.0 Å². The average Bonchev–Trinajstić information content (AvgIpc) is 2.94. The Kier molecular flexibility index (Phi) is 15.4. The fourth-order valence-corrected chi connectivity index (χ4v) is 4.64. The molecule has 0 aliphatic carbocycles. The molecule has 3 N–H and O–H groups in total. The van der Waals surface area contributed by atoms with E-state index in [2.05, 4.69) is 35.5 Å². The van der Waals surface area contributed by atoms with E-state index in [1.807, 2.05) is 27.7 Å². The SMILES string of the molecule is CCCCCCC(=O)NC(C(=O)NCC(=O)Nc1ccc(COC(=O)C(C)C)c(C(C)(C)N(C)C(=O)C(C)(C)S)c1)C(C)C. The van der Waals surface area contributed by atoms with Crippen molar-refractivity contribution in [3.05, 3.63) is 29.3 Å². The predicted octanol–water partition coefficient (Wildman–Crippen LogP) is 4.95. The molecule has 4 amide bonds. The molecule has 0 radical (unpaired) electrons. The van der Waals surface area contributed by atoms with Crippen LogP contribution < -0.4 is 16.0 Å². The third kappa shape index (κ3) is 12.1. The van der Waals surface area contributed by atoms with Gasteiger partial charge in [0.2, 0.25) is 23.6 Å². The lowest BCUT2D eigenvalue weighted by molar-refractivity contribution is -0.148. The number of rotatable bonds is 17. The Morgan fingerprint density at radius 3 is 2.14 bits per heavy atom. The van der Waals surface area contributed by atoms with Crippen molar-refractivity contribution in [2.75, 3.05) is 18.9 Å². The molecular formula is C33H54N4O6S. The highest BCUT2D eigenvalue weighted by atomic mass is 32.1. The molecule has 44 heavy (non-hydrogen) atoms. The van der Waals surface area contributed by atoms with E-state index in [1.54, 1.807) is 57.8 Å². The van der Waals surface area contributed by atoms with Crippen molar-refractivity contribution >= 4 is 47.9 Å². The summed E-state index contributed by atoms with van der Waals surface area (Å²) in [6, 6.07) is 4.40. The third-order valence-electron chi connectivity index (χ3n) is 7.51. The Morgan fingerprint density at radius 2 is 1.59 bits per heavy atom. The van der Waals surface area contributed by atoms with Crippen LogP contribution in [0.5, 0.6) is 0 Å². The first-order valence-electron chi connectivity index (χ1n) is 15.5. The summed E-state index contributed by atoms with van der Waals surface area (Å²) in [5, 5.41) is 8.23. The molecule has 10 nitrogen and oxygen atoms in total. The van der Waals surface area contributed by atoms with Crippen LogP contribution in [0.1, 0.15) is 106 Å². The van der Waals surface area contributed by atoms with Gasteiger partial charge in [0, 0.05) is 19.2 Å². The summed E-state index contributed by atoms with van der Waals surface area (Å²) in [4.78, 5) is 65.1. The summed E-state index contributed by atoms with van der Waals surface area (Å²) >= 11 is 4.45. The molecule has 0 bridgehead atoms. The van der Waals surface area contributed by atoms with Gasteiger partial charge in [0.1, 0.15) is 12.6 Å². The molecule has 1 atom stereocenters. The highest BCUT2D eigenvalue weighted by molar-refractivity contribution is 7.82. The van der Waals surface area contributed by atoms with Gasteiger partial charge in [-0.05, 0) is 63.3 Å². The predicted molar refractivity (Wildman–Crippen MR) is 177 cm³/mol. The smallest absolute Gasteiger partial charge is 0.308 e. The Hall–Kier alpha value is -3.08. The number of anilines is 1. The molecular weight excluding hydrogens is 580 g/mol. The minimum absolute atomic E-state index is 0.00667. The summed E-state index contributed by atoms with van der Waals surface area (Å²) in [5.74, 6) is -2.11. The molecule has 248 valence electrons. The summed E-state index contributed by atoms with van der Waals surface area (Å²) in [7, 11) is 1.68. The van der Waals surface area contributed by atoms with Crippen LogP contribution in [-0.2, 0) is 40.9 Å². The zero-order chi connectivity index (χ0) is 33.8. The largest absolute Gasteiger partial charge is 0.461 e. The second-order valence-electron chi connectivity index (χ2n) is 13.0. The summed E-state index contributed by atoms with van der Waals surface area (Å²) in [6.07, 6.45) is 4.22. The van der Waals surface area contributed by atoms with Crippen molar-refractivity contribution in [2.45, 2.75) is 117 Å². The van der Waals surface area contributed by atoms with Crippen molar-refractivity contribution in [2.24, 2.45) is 11.8 Å². The van der Waals surface area contributed by atoms with Crippen LogP contribution in [0.3, 0.4) is 0 Å². The van der Waals surface area contributed by atoms with Gasteiger partial charge in [-0.3, -0.25) is 24.0 Å². The third-order valence-corrected chi connectivity index (χ3v) is 7.70. The van der Waals surface area contributed by atoms with E-state index in [0.717, 1.165) is 25.7 Å². The second-order valence-corrected chi connectivity index (χ2v) is 14.1. The van der Waals surface area contributed by atoms with E-state index in [4.69, 9.17) is 4.74 Å². The van der Waals surface area contributed by atoms with E-state index in [0.29, 0.717) is 23.2 Å². The maximum Gasteiger partial charge on any atom is 0.308 e. The minimum Gasteiger partial charge on any atom is -0.461 e. The molecule has 1 rings (SSSR count). The van der Waals surface area contributed by atoms with Crippen molar-refractivity contribution in [3.63, 3.8) is 0 Å². The number of unbranched alkanes of at least 4 members (excludes halogenated alkanes) is 3. The molecule has 0 saturated carbocycles. The monoisotopic (exact) mass is 634 g/mol. The van der Waals surface area contributed by atoms with Gasteiger partial charge in [0.15, 0.2) is 0 Å². The number of carbonyl (C=O) groups is 5. The summed E-state index contributed by atoms with van der Waals surface area (Å²) in [5.41, 5.74) is 0.922. The van der Waals surface area contributed by atoms with Crippen molar-refractivity contribution in [1.29, 1.82) is 0 Å². The fraction of sp³-hybridized carbons (Fsp3) is 0.667. The molecule has 0 saturated heterocycles. The maximum atomic E-state index is 13.1. The first-order valence-corrected chi connectivity index (χ1v) is 15.9. The first kappa shape index (κ1) is 38.9. The van der Waals surface area contributed by atoms with E-state index in [-0.39, 0.29) is 42.8 Å². The number of thiol groups is 1. The van der Waals surface area contributed by atoms with Crippen molar-refractivity contribution < 1.29 is 28.7 Å². The minimum atomic E-state index is -0.928. The lowest BCUT2D eigenvalue weighted by Crippen LogP contribution is -2.51. The summed E-state index contributed by atoms with van der Waals surface area (Å²) in [6.45, 7) is 16.1. The van der Waals surface area contributed by atoms with Gasteiger partial charge in [0.05, 0.1) is 22.7 Å². The fourth-order valence-electron chi connectivity index (χ4n) is 4.49. The van der Waals surface area contributed by atoms with Crippen LogP contribution in [0, 0.1) is 11.8 Å². The van der Waals surface area contributed by atoms with E-state index in [1.165, 1.54) is 0 Å². The molecule has 0 heterocycles. The number of nitrogens with one attached hydrogen (secondary N) is 3. The number of nitrogens with zero attached hydrogens (tertiary/aromatic N) is 1. The molecule has 0 spiro atoms. The Morgan fingerprint density at radius 1 is 0.955 bits per heavy atom. The first-order chi connectivity index (χ1) is 20.3. The van der Waals surface area contributed by atoms with Crippen LogP contribution in [0.25, 0.3) is 0 Å². The lowest BCUT2D eigenvalue weighted by Gasteiger charge is -2.40. The number of hydrogen-bond donors (Lipinski definition) is 4. The van der Waals surface area contributed by atoms with Gasteiger partial charge in [-0.1, -0.05) is 59.9 Å². The quantitative estimate of drug-likeness (QED) is 0.109. The molecule has 0 aliphatic heterocycles. The highest BCUT2D eigenvalue weighted by Crippen LogP contribution is 2.34. The Bertz CT molecular complexity index is 1160. The number of esters is 1. The second kappa shape index (κ2) is 17.4. The van der Waals surface area contributed by atoms with Crippen LogP contribution >= 0.6 is 12.6 Å². The van der Waals surface area contributed by atoms with Crippen LogP contribution in [0.4, 0.5) is 5.69 Å². The van der Waals surface area contributed by atoms with Gasteiger partial charge in [-0.15, -0.1) is 0 Å². The molecule has 0 aliphatic rings. The zero-order valence-electron chi connectivity index (χ0n) is 28.3. The molecule has 1 aromatic rings. The van der Waals surface area contributed by atoms with Gasteiger partial charge < -0.3 is 25.6 Å². The summed E-state index contributed by atoms with van der Waals surface area (Å²) < 4.78 is 4.57. The molecule has 11 heteroatoms. The molecule has 1 aromatic carbocycles. The zero-order valence-corrected chi connectivity index (χ0v) is 29.2. The Labute approximate surface area is 269 Å². The lowest BCUT2D eigenvalue weighted by atomic mass is 9.87. The van der Waals surface area contributed by atoms with Gasteiger partial charge >= 0.3 is 5.97 Å². The van der Waals surface area contributed by atoms with Gasteiger partial charge in [0.25, 0.3) is 0 Å². The van der Waals surface area contributed by atoms with Gasteiger partial charge in [-0.25, -0.2) is 0 Å². The number of hydrogen-bond acceptors (Lipinski definition) is 7. The van der Waals surface area contributed by atoms with Crippen LogP contribution in [-0.4, -0.2) is 58.9 Å². The van der Waals surface area contributed by atoms with Gasteiger partial charge in [-0.2, -0.15) is 12.6 Å². The number of amides is 4. The topological polar surface area (TPSA) is 134 Å². The van der Waals surface area contributed by atoms with Crippen LogP contribution in [0.15, 0.2) is 18.2 Å². The highest BCUT2D eigenvalue weighted by Gasteiger charge is 2.37. The molecule has 1 unspecified atom stereocenters. The molecule has 0 aromatic heterocycles. The van der Waals surface area contributed by atoms with Crippen molar-refractivity contribution in [1.82, 2.24) is 15.5 Å². The number of ether oxygens (including phenoxy) is 1. The van der Waals surface area contributed by atoms with Crippen molar-refractivity contribution in [3.8, 4) is 0 Å². The van der Waals surface area contributed by atoms with Crippen LogP contribution in [0.2, 0.25) is 0 Å². The number of benzene rings is 1. The van der Waals surface area contributed by atoms with E-state index < -0.39 is 28.1 Å². The van der Waals surface area contributed by atoms with E-state index >= 15 is 0 Å². The molecule has 0 fully saturated rings. The maximum absolute atomic E-state index is 13.1. The standard InChI is InChI=1S/C33H54N4O6S/c1-11-12-13-14-15-26(38)36-28(21(2)3)29(40)34-19-27(39)35-24-17-16-23(20-43-30(41)22(4)5)25(18-24)32(6,7)37(10)31(42)33(8,9)44/h16-18,21-22,28,44H,11-15,19-20H2,1-10H3,(H,34,40)(H,35,39)(H,36,38).